The van der Waals surface area contributed by atoms with Gasteiger partial charge in [-0.15, -0.1) is 11.3 Å². The first-order chi connectivity index (χ1) is 17.5. The topological polar surface area (TPSA) is 32.1 Å². The Morgan fingerprint density at radius 3 is 2.31 bits per heavy atom. The van der Waals surface area contributed by atoms with Crippen molar-refractivity contribution in [3.05, 3.63) is 135 Å². The molecule has 4 aromatic rings. The van der Waals surface area contributed by atoms with Crippen LogP contribution in [0.3, 0.4) is 0 Å². The molecule has 0 spiro atoms. The van der Waals surface area contributed by atoms with E-state index < -0.39 is 0 Å². The predicted octanol–water partition coefficient (Wildman–Crippen LogP) is 7.34. The highest BCUT2D eigenvalue weighted by atomic mass is 32.1. The van der Waals surface area contributed by atoms with Crippen molar-refractivity contribution in [1.29, 1.82) is 0 Å². The molecule has 0 radical (unpaired) electrons. The number of para-hydroxylation sites is 1. The molecule has 178 valence electrons. The van der Waals surface area contributed by atoms with Crippen LogP contribution in [-0.2, 0) is 0 Å². The summed E-state index contributed by atoms with van der Waals surface area (Å²) in [5.74, 6) is 0. The molecule has 0 amide bonds. The molecule has 1 N–H and O–H groups in total. The third-order valence-electron chi connectivity index (χ3n) is 6.62. The molecule has 0 fully saturated rings. The van der Waals surface area contributed by atoms with Gasteiger partial charge in [0.05, 0.1) is 0 Å². The van der Waals surface area contributed by atoms with E-state index in [-0.39, 0.29) is 5.43 Å². The van der Waals surface area contributed by atoms with Gasteiger partial charge >= 0.3 is 0 Å². The summed E-state index contributed by atoms with van der Waals surface area (Å²) in [7, 11) is 2.08. The summed E-state index contributed by atoms with van der Waals surface area (Å²) in [4.78, 5) is 13.6. The molecular formula is C32H29N2OS+. The average molecular weight is 490 g/mol. The fourth-order valence-electron chi connectivity index (χ4n) is 4.38. The van der Waals surface area contributed by atoms with E-state index in [0.29, 0.717) is 0 Å². The summed E-state index contributed by atoms with van der Waals surface area (Å²) in [5, 5.41) is 6.27. The van der Waals surface area contributed by atoms with E-state index in [1.807, 2.05) is 41.8 Å². The van der Waals surface area contributed by atoms with Crippen LogP contribution in [0.4, 0.5) is 11.4 Å². The van der Waals surface area contributed by atoms with Gasteiger partial charge in [0.25, 0.3) is 0 Å². The summed E-state index contributed by atoms with van der Waals surface area (Å²) in [6.45, 7) is 5.17. The molecule has 0 aliphatic heterocycles. The standard InChI is InChI=1S/C32H28N2OS/c1-4-34(3)26-19-15-24(16-20-26)31(28-21-36-30-12-8-6-10-27(30)32(28)35)23-13-17-25(18-14-23)33-29-11-7-5-9-22(29)2/h5-21H,4H2,1-3H3/p+1. The van der Waals surface area contributed by atoms with Crippen LogP contribution in [0.1, 0.15) is 23.6 Å². The lowest BCUT2D eigenvalue weighted by atomic mass is 9.91. The maximum absolute atomic E-state index is 13.6. The number of benzene rings is 3. The number of nitrogens with zero attached hydrogens (tertiary/aromatic N) is 1. The van der Waals surface area contributed by atoms with Crippen molar-refractivity contribution in [2.75, 3.05) is 18.9 Å². The Morgan fingerprint density at radius 1 is 0.889 bits per heavy atom. The molecule has 1 aliphatic rings. The van der Waals surface area contributed by atoms with E-state index in [1.165, 1.54) is 5.56 Å². The number of anilines is 2. The van der Waals surface area contributed by atoms with E-state index in [2.05, 4.69) is 91.5 Å². The quantitative estimate of drug-likeness (QED) is 0.297. The molecule has 1 aliphatic carbocycles. The molecule has 0 unspecified atom stereocenters. The van der Waals surface area contributed by atoms with Gasteiger partial charge in [0.15, 0.2) is 11.1 Å². The Hall–Kier alpha value is -4.02. The summed E-state index contributed by atoms with van der Waals surface area (Å²) in [6, 6.07) is 24.4. The molecule has 5 rings (SSSR count). The highest BCUT2D eigenvalue weighted by Crippen LogP contribution is 2.32. The lowest BCUT2D eigenvalue weighted by Crippen LogP contribution is -2.15. The van der Waals surface area contributed by atoms with E-state index >= 15 is 0 Å². The Kier molecular flexibility index (Phi) is 6.79. The minimum atomic E-state index is 0.0659. The van der Waals surface area contributed by atoms with Gasteiger partial charge in [-0.25, -0.2) is 4.58 Å². The number of fused-ring (bicyclic) bond motifs is 1. The number of hydrogen-bond acceptors (Lipinski definition) is 3. The third-order valence-corrected chi connectivity index (χ3v) is 7.58. The fraction of sp³-hybridized carbons (Fsp3) is 0.125. The second-order valence-corrected chi connectivity index (χ2v) is 9.84. The van der Waals surface area contributed by atoms with Crippen molar-refractivity contribution in [2.45, 2.75) is 13.8 Å². The summed E-state index contributed by atoms with van der Waals surface area (Å²) in [6.07, 6.45) is 8.50. The van der Waals surface area contributed by atoms with E-state index in [9.17, 15) is 4.79 Å². The smallest absolute Gasteiger partial charge is 0.199 e. The third kappa shape index (κ3) is 4.73. The Morgan fingerprint density at radius 2 is 1.58 bits per heavy atom. The molecule has 0 atom stereocenters. The molecule has 36 heavy (non-hydrogen) atoms. The maximum atomic E-state index is 13.6. The van der Waals surface area contributed by atoms with E-state index in [1.54, 1.807) is 11.3 Å². The Labute approximate surface area is 216 Å². The first-order valence-electron chi connectivity index (χ1n) is 12.2. The van der Waals surface area contributed by atoms with Crippen molar-refractivity contribution in [1.82, 2.24) is 0 Å². The normalized spacial score (nSPS) is 12.8. The van der Waals surface area contributed by atoms with Gasteiger partial charge < -0.3 is 5.32 Å². The number of aryl methyl sites for hydroxylation is 1. The molecule has 3 aromatic carbocycles. The molecule has 0 saturated carbocycles. The average Bonchev–Trinajstić information content (AvgIpc) is 2.92. The van der Waals surface area contributed by atoms with Gasteiger partial charge in [-0.3, -0.25) is 4.79 Å². The number of hydrogen-bond donors (Lipinski definition) is 1. The molecule has 0 bridgehead atoms. The summed E-state index contributed by atoms with van der Waals surface area (Å²) < 4.78 is 3.20. The molecule has 1 aromatic heterocycles. The Balaban J connectivity index is 1.62. The Bertz CT molecular complexity index is 1600. The minimum absolute atomic E-state index is 0.0659. The van der Waals surface area contributed by atoms with Gasteiger partial charge in [0.2, 0.25) is 0 Å². The van der Waals surface area contributed by atoms with Crippen LogP contribution in [0.25, 0.3) is 15.7 Å². The minimum Gasteiger partial charge on any atom is -0.355 e. The van der Waals surface area contributed by atoms with Gasteiger partial charge in [-0.1, -0.05) is 42.5 Å². The lowest BCUT2D eigenvalue weighted by molar-refractivity contribution is -0.491. The number of rotatable bonds is 5. The molecule has 0 saturated heterocycles. The number of allylic oxidation sites excluding steroid dienone is 5. The summed E-state index contributed by atoms with van der Waals surface area (Å²) in [5.41, 5.74) is 8.24. The predicted molar refractivity (Wildman–Crippen MR) is 155 cm³/mol. The van der Waals surface area contributed by atoms with Crippen LogP contribution >= 0.6 is 11.3 Å². The van der Waals surface area contributed by atoms with E-state index in [4.69, 9.17) is 0 Å². The van der Waals surface area contributed by atoms with Crippen molar-refractivity contribution in [3.63, 3.8) is 0 Å². The second kappa shape index (κ2) is 10.3. The monoisotopic (exact) mass is 489 g/mol. The van der Waals surface area contributed by atoms with Crippen LogP contribution in [0.15, 0.2) is 113 Å². The van der Waals surface area contributed by atoms with Crippen LogP contribution in [0.2, 0.25) is 0 Å². The maximum Gasteiger partial charge on any atom is 0.199 e. The molecule has 4 heteroatoms. The largest absolute Gasteiger partial charge is 0.355 e. The highest BCUT2D eigenvalue weighted by molar-refractivity contribution is 7.16. The molecule has 1 heterocycles. The van der Waals surface area contributed by atoms with Crippen LogP contribution in [0.5, 0.6) is 0 Å². The van der Waals surface area contributed by atoms with Crippen molar-refractivity contribution < 1.29 is 4.58 Å². The van der Waals surface area contributed by atoms with Gasteiger partial charge in [-0.2, -0.15) is 0 Å². The van der Waals surface area contributed by atoms with Gasteiger partial charge in [-0.05, 0) is 73.0 Å². The SMILES string of the molecule is CC[N+](C)=C1C=CC(=C(c2ccc(Nc3ccccc3C)cc2)c2csc3ccccc3c2=O)C=C1. The van der Waals surface area contributed by atoms with Crippen molar-refractivity contribution >= 4 is 44.1 Å². The van der Waals surface area contributed by atoms with Crippen LogP contribution < -0.4 is 10.7 Å². The van der Waals surface area contributed by atoms with E-state index in [0.717, 1.165) is 56.0 Å². The lowest BCUT2D eigenvalue weighted by Gasteiger charge is -2.15. The highest BCUT2D eigenvalue weighted by Gasteiger charge is 2.17. The van der Waals surface area contributed by atoms with Gasteiger partial charge in [0, 0.05) is 50.1 Å². The summed E-state index contributed by atoms with van der Waals surface area (Å²) >= 11 is 1.61. The molecular weight excluding hydrogens is 460 g/mol. The zero-order chi connectivity index (χ0) is 25.1. The zero-order valence-electron chi connectivity index (χ0n) is 20.8. The number of nitrogens with one attached hydrogen (secondary N) is 1. The van der Waals surface area contributed by atoms with Gasteiger partial charge in [0.1, 0.15) is 13.6 Å². The first kappa shape index (κ1) is 23.7. The van der Waals surface area contributed by atoms with Crippen LogP contribution in [-0.4, -0.2) is 23.9 Å². The second-order valence-electron chi connectivity index (χ2n) is 8.93. The zero-order valence-corrected chi connectivity index (χ0v) is 21.6. The van der Waals surface area contributed by atoms with Crippen molar-refractivity contribution in [3.8, 4) is 0 Å². The molecule has 3 nitrogen and oxygen atoms in total. The fourth-order valence-corrected chi connectivity index (χ4v) is 5.30. The first-order valence-corrected chi connectivity index (χ1v) is 13.1. The van der Waals surface area contributed by atoms with Crippen LogP contribution in [0, 0.1) is 6.92 Å². The van der Waals surface area contributed by atoms with Crippen molar-refractivity contribution in [2.24, 2.45) is 0 Å².